The van der Waals surface area contributed by atoms with Crippen molar-refractivity contribution < 1.29 is 0 Å². The third-order valence-corrected chi connectivity index (χ3v) is 3.72. The molecule has 0 aliphatic heterocycles. The molecule has 1 saturated carbocycles. The third kappa shape index (κ3) is 3.43. The van der Waals surface area contributed by atoms with Gasteiger partial charge in [-0.25, -0.2) is 0 Å². The van der Waals surface area contributed by atoms with E-state index < -0.39 is 0 Å². The van der Waals surface area contributed by atoms with Crippen LogP contribution < -0.4 is 10.6 Å². The van der Waals surface area contributed by atoms with Crippen LogP contribution >= 0.6 is 0 Å². The van der Waals surface area contributed by atoms with Crippen LogP contribution in [0.4, 0.5) is 5.69 Å². The summed E-state index contributed by atoms with van der Waals surface area (Å²) in [5, 5.41) is 0. The Labute approximate surface area is 104 Å². The number of rotatable bonds is 4. The van der Waals surface area contributed by atoms with E-state index in [-0.39, 0.29) is 0 Å². The van der Waals surface area contributed by atoms with Crippen LogP contribution in [0.25, 0.3) is 0 Å². The Morgan fingerprint density at radius 3 is 2.65 bits per heavy atom. The van der Waals surface area contributed by atoms with Gasteiger partial charge in [-0.3, -0.25) is 4.98 Å². The molecule has 3 nitrogen and oxygen atoms in total. The molecular weight excluding hydrogens is 210 g/mol. The van der Waals surface area contributed by atoms with Crippen molar-refractivity contribution in [1.29, 1.82) is 0 Å². The normalized spacial score (nSPS) is 17.1. The molecule has 0 unspecified atom stereocenters. The topological polar surface area (TPSA) is 42.1 Å². The van der Waals surface area contributed by atoms with E-state index in [1.165, 1.54) is 37.8 Å². The van der Waals surface area contributed by atoms with E-state index >= 15 is 0 Å². The molecule has 1 aromatic heterocycles. The average Bonchev–Trinajstić information content (AvgIpc) is 2.40. The molecule has 1 heterocycles. The van der Waals surface area contributed by atoms with Gasteiger partial charge in [0.15, 0.2) is 0 Å². The van der Waals surface area contributed by atoms with Crippen molar-refractivity contribution >= 4 is 5.69 Å². The highest BCUT2D eigenvalue weighted by atomic mass is 15.1. The molecule has 2 rings (SSSR count). The third-order valence-electron chi connectivity index (χ3n) is 3.72. The fourth-order valence-corrected chi connectivity index (χ4v) is 2.63. The van der Waals surface area contributed by atoms with Crippen molar-refractivity contribution in [3.05, 3.63) is 24.0 Å². The van der Waals surface area contributed by atoms with Gasteiger partial charge in [0.2, 0.25) is 0 Å². The summed E-state index contributed by atoms with van der Waals surface area (Å²) in [6, 6.07) is 4.14. The molecule has 1 aliphatic rings. The SMILES string of the molecule is CN(CC1CCCCC1)c1ccc(CN)nc1. The van der Waals surface area contributed by atoms with Gasteiger partial charge in [0, 0.05) is 20.1 Å². The van der Waals surface area contributed by atoms with E-state index in [1.54, 1.807) is 0 Å². The monoisotopic (exact) mass is 233 g/mol. The molecular formula is C14H23N3. The summed E-state index contributed by atoms with van der Waals surface area (Å²) >= 11 is 0. The smallest absolute Gasteiger partial charge is 0.0550 e. The fraction of sp³-hybridized carbons (Fsp3) is 0.643. The van der Waals surface area contributed by atoms with E-state index in [9.17, 15) is 0 Å². The molecule has 1 aliphatic carbocycles. The van der Waals surface area contributed by atoms with Gasteiger partial charge in [-0.1, -0.05) is 19.3 Å². The Morgan fingerprint density at radius 1 is 1.29 bits per heavy atom. The second-order valence-electron chi connectivity index (χ2n) is 5.10. The number of anilines is 1. The number of hydrogen-bond donors (Lipinski definition) is 1. The first-order valence-corrected chi connectivity index (χ1v) is 6.65. The van der Waals surface area contributed by atoms with Gasteiger partial charge < -0.3 is 10.6 Å². The first kappa shape index (κ1) is 12.4. The summed E-state index contributed by atoms with van der Waals surface area (Å²) in [5.74, 6) is 0.864. The fourth-order valence-electron chi connectivity index (χ4n) is 2.63. The largest absolute Gasteiger partial charge is 0.373 e. The molecule has 0 atom stereocenters. The molecule has 3 heteroatoms. The molecule has 1 fully saturated rings. The summed E-state index contributed by atoms with van der Waals surface area (Å²) in [4.78, 5) is 6.67. The summed E-state index contributed by atoms with van der Waals surface area (Å²) in [5.41, 5.74) is 7.71. The van der Waals surface area contributed by atoms with Crippen LogP contribution in [-0.4, -0.2) is 18.6 Å². The highest BCUT2D eigenvalue weighted by molar-refractivity contribution is 5.43. The molecule has 0 spiro atoms. The standard InChI is InChI=1S/C14H23N3/c1-17(11-12-5-3-2-4-6-12)14-8-7-13(9-15)16-10-14/h7-8,10,12H,2-6,9,11,15H2,1H3. The van der Waals surface area contributed by atoms with Crippen molar-refractivity contribution in [1.82, 2.24) is 4.98 Å². The predicted molar refractivity (Wildman–Crippen MR) is 72.0 cm³/mol. The van der Waals surface area contributed by atoms with Crippen molar-refractivity contribution in [2.75, 3.05) is 18.5 Å². The Hall–Kier alpha value is -1.09. The van der Waals surface area contributed by atoms with Gasteiger partial charge in [0.25, 0.3) is 0 Å². The lowest BCUT2D eigenvalue weighted by molar-refractivity contribution is 0.362. The maximum atomic E-state index is 5.55. The van der Waals surface area contributed by atoms with Gasteiger partial charge in [0.05, 0.1) is 17.6 Å². The minimum atomic E-state index is 0.520. The first-order chi connectivity index (χ1) is 8.29. The first-order valence-electron chi connectivity index (χ1n) is 6.65. The molecule has 0 radical (unpaired) electrons. The van der Waals surface area contributed by atoms with Crippen LogP contribution in [0.1, 0.15) is 37.8 Å². The lowest BCUT2D eigenvalue weighted by Gasteiger charge is -2.28. The van der Waals surface area contributed by atoms with Crippen molar-refractivity contribution in [2.45, 2.75) is 38.6 Å². The number of nitrogens with two attached hydrogens (primary N) is 1. The van der Waals surface area contributed by atoms with Crippen LogP contribution in [-0.2, 0) is 6.54 Å². The molecule has 0 saturated heterocycles. The lowest BCUT2D eigenvalue weighted by Crippen LogP contribution is -2.26. The minimum absolute atomic E-state index is 0.520. The summed E-state index contributed by atoms with van der Waals surface area (Å²) in [6.45, 7) is 1.68. The molecule has 0 amide bonds. The van der Waals surface area contributed by atoms with Gasteiger partial charge in [0.1, 0.15) is 0 Å². The van der Waals surface area contributed by atoms with Gasteiger partial charge >= 0.3 is 0 Å². The summed E-state index contributed by atoms with van der Waals surface area (Å²) in [6.07, 6.45) is 8.95. The van der Waals surface area contributed by atoms with E-state index in [0.717, 1.165) is 18.2 Å². The van der Waals surface area contributed by atoms with Crippen LogP contribution in [0.3, 0.4) is 0 Å². The van der Waals surface area contributed by atoms with E-state index in [4.69, 9.17) is 5.73 Å². The summed E-state index contributed by atoms with van der Waals surface area (Å²) < 4.78 is 0. The van der Waals surface area contributed by atoms with E-state index in [2.05, 4.69) is 23.0 Å². The highest BCUT2D eigenvalue weighted by Gasteiger charge is 2.15. The zero-order chi connectivity index (χ0) is 12.1. The lowest BCUT2D eigenvalue weighted by atomic mass is 9.89. The highest BCUT2D eigenvalue weighted by Crippen LogP contribution is 2.25. The zero-order valence-corrected chi connectivity index (χ0v) is 10.7. The van der Waals surface area contributed by atoms with Crippen LogP contribution in [0, 0.1) is 5.92 Å². The number of hydrogen-bond acceptors (Lipinski definition) is 3. The Balaban J connectivity index is 1.91. The Kier molecular flexibility index (Phi) is 4.37. The van der Waals surface area contributed by atoms with E-state index in [1.807, 2.05) is 12.3 Å². The van der Waals surface area contributed by atoms with Gasteiger partial charge in [-0.2, -0.15) is 0 Å². The Morgan fingerprint density at radius 2 is 2.06 bits per heavy atom. The van der Waals surface area contributed by atoms with Crippen molar-refractivity contribution in [3.63, 3.8) is 0 Å². The van der Waals surface area contributed by atoms with E-state index in [0.29, 0.717) is 6.54 Å². The second-order valence-corrected chi connectivity index (χ2v) is 5.10. The number of aromatic nitrogens is 1. The predicted octanol–water partition coefficient (Wildman–Crippen LogP) is 2.56. The summed E-state index contributed by atoms with van der Waals surface area (Å²) in [7, 11) is 2.16. The number of pyridine rings is 1. The molecule has 2 N–H and O–H groups in total. The van der Waals surface area contributed by atoms with Crippen LogP contribution in [0.2, 0.25) is 0 Å². The Bertz CT molecular complexity index is 328. The molecule has 17 heavy (non-hydrogen) atoms. The zero-order valence-electron chi connectivity index (χ0n) is 10.7. The second kappa shape index (κ2) is 6.01. The number of nitrogens with zero attached hydrogens (tertiary/aromatic N) is 2. The van der Waals surface area contributed by atoms with Gasteiger partial charge in [-0.05, 0) is 30.9 Å². The van der Waals surface area contributed by atoms with Gasteiger partial charge in [-0.15, -0.1) is 0 Å². The molecule has 94 valence electrons. The van der Waals surface area contributed by atoms with Crippen molar-refractivity contribution in [2.24, 2.45) is 11.7 Å². The maximum Gasteiger partial charge on any atom is 0.0550 e. The van der Waals surface area contributed by atoms with Crippen LogP contribution in [0.5, 0.6) is 0 Å². The maximum absolute atomic E-state index is 5.55. The minimum Gasteiger partial charge on any atom is -0.373 e. The molecule has 0 aromatic carbocycles. The quantitative estimate of drug-likeness (QED) is 0.869. The molecule has 1 aromatic rings. The molecule has 0 bridgehead atoms. The van der Waals surface area contributed by atoms with Crippen molar-refractivity contribution in [3.8, 4) is 0 Å². The average molecular weight is 233 g/mol. The van der Waals surface area contributed by atoms with Crippen LogP contribution in [0.15, 0.2) is 18.3 Å².